The van der Waals surface area contributed by atoms with E-state index in [0.717, 1.165) is 28.8 Å². The molecule has 0 fully saturated rings. The van der Waals surface area contributed by atoms with Gasteiger partial charge in [-0.2, -0.15) is 0 Å². The van der Waals surface area contributed by atoms with Crippen molar-refractivity contribution in [2.24, 2.45) is 0 Å². The van der Waals surface area contributed by atoms with E-state index >= 15 is 0 Å². The maximum absolute atomic E-state index is 12.5. The van der Waals surface area contributed by atoms with Crippen LogP contribution in [0.5, 0.6) is 5.75 Å². The summed E-state index contributed by atoms with van der Waals surface area (Å²) in [6.07, 6.45) is 0.872. The summed E-state index contributed by atoms with van der Waals surface area (Å²) in [6, 6.07) is 15.4. The van der Waals surface area contributed by atoms with Gasteiger partial charge >= 0.3 is 0 Å². The number of aryl methyl sites for hydroxylation is 2. The smallest absolute Gasteiger partial charge is 0.265 e. The van der Waals surface area contributed by atoms with Gasteiger partial charge in [0.15, 0.2) is 0 Å². The lowest BCUT2D eigenvalue weighted by atomic mass is 10.1. The van der Waals surface area contributed by atoms with E-state index in [0.29, 0.717) is 22.3 Å². The van der Waals surface area contributed by atoms with Crippen molar-refractivity contribution in [2.75, 3.05) is 5.32 Å². The third-order valence-electron chi connectivity index (χ3n) is 4.01. The number of benzene rings is 2. The summed E-state index contributed by atoms with van der Waals surface area (Å²) in [7, 11) is 0. The summed E-state index contributed by atoms with van der Waals surface area (Å²) in [5.74, 6) is 0.552. The largest absolute Gasteiger partial charge is 0.487 e. The minimum atomic E-state index is -0.101. The van der Waals surface area contributed by atoms with Crippen LogP contribution in [0.15, 0.2) is 53.9 Å². The summed E-state index contributed by atoms with van der Waals surface area (Å²) in [5.41, 5.74) is 4.01. The number of hydrogen-bond acceptors (Lipinski definition) is 3. The summed E-state index contributed by atoms with van der Waals surface area (Å²) in [6.45, 7) is 4.44. The van der Waals surface area contributed by atoms with Crippen molar-refractivity contribution >= 4 is 34.5 Å². The molecule has 1 aromatic heterocycles. The van der Waals surface area contributed by atoms with Crippen molar-refractivity contribution in [3.8, 4) is 5.75 Å². The second kappa shape index (κ2) is 8.39. The fraction of sp³-hybridized carbons (Fsp3) is 0.190. The second-order valence-corrected chi connectivity index (χ2v) is 7.33. The molecule has 0 aliphatic rings. The molecule has 0 radical (unpaired) electrons. The first-order valence-corrected chi connectivity index (χ1v) is 9.68. The van der Waals surface area contributed by atoms with Gasteiger partial charge < -0.3 is 10.1 Å². The van der Waals surface area contributed by atoms with E-state index in [4.69, 9.17) is 16.3 Å². The Balaban J connectivity index is 1.65. The predicted molar refractivity (Wildman–Crippen MR) is 109 cm³/mol. The lowest BCUT2D eigenvalue weighted by Gasteiger charge is -2.08. The van der Waals surface area contributed by atoms with Gasteiger partial charge in [-0.1, -0.05) is 42.8 Å². The zero-order chi connectivity index (χ0) is 18.5. The molecule has 26 heavy (non-hydrogen) atoms. The van der Waals surface area contributed by atoms with Crippen LogP contribution in [0.3, 0.4) is 0 Å². The predicted octanol–water partition coefficient (Wildman–Crippen LogP) is 6.10. The molecular formula is C21H20ClNO2S. The zero-order valence-electron chi connectivity index (χ0n) is 14.7. The number of thiophene rings is 1. The molecule has 0 unspecified atom stereocenters. The highest BCUT2D eigenvalue weighted by Crippen LogP contribution is 2.27. The van der Waals surface area contributed by atoms with Gasteiger partial charge in [-0.3, -0.25) is 4.79 Å². The first kappa shape index (κ1) is 18.5. The fourth-order valence-electron chi connectivity index (χ4n) is 2.59. The molecule has 0 spiro atoms. The van der Waals surface area contributed by atoms with E-state index in [1.165, 1.54) is 11.3 Å². The SMILES string of the molecule is CCc1ccccc1NC(=O)c1cc(COc2cc(C)ccc2Cl)cs1. The molecule has 1 amide bonds. The van der Waals surface area contributed by atoms with E-state index in [1.807, 2.05) is 60.8 Å². The molecule has 0 aliphatic heterocycles. The Bertz CT molecular complexity index is 920. The minimum Gasteiger partial charge on any atom is -0.487 e. The van der Waals surface area contributed by atoms with Gasteiger partial charge in [0.1, 0.15) is 12.4 Å². The van der Waals surface area contributed by atoms with Crippen molar-refractivity contribution in [1.29, 1.82) is 0 Å². The second-order valence-electron chi connectivity index (χ2n) is 6.01. The van der Waals surface area contributed by atoms with Gasteiger partial charge in [0.2, 0.25) is 0 Å². The van der Waals surface area contributed by atoms with Crippen LogP contribution in [0, 0.1) is 6.92 Å². The van der Waals surface area contributed by atoms with E-state index in [1.54, 1.807) is 0 Å². The highest BCUT2D eigenvalue weighted by molar-refractivity contribution is 7.12. The number of carbonyl (C=O) groups excluding carboxylic acids is 1. The van der Waals surface area contributed by atoms with Crippen LogP contribution in [-0.2, 0) is 13.0 Å². The zero-order valence-corrected chi connectivity index (χ0v) is 16.3. The first-order chi connectivity index (χ1) is 12.6. The monoisotopic (exact) mass is 385 g/mol. The van der Waals surface area contributed by atoms with Crippen LogP contribution in [0.1, 0.15) is 33.3 Å². The lowest BCUT2D eigenvalue weighted by Crippen LogP contribution is -2.11. The number of rotatable bonds is 6. The van der Waals surface area contributed by atoms with Gasteiger partial charge in [0.05, 0.1) is 9.90 Å². The van der Waals surface area contributed by atoms with E-state index in [2.05, 4.69) is 12.2 Å². The quantitative estimate of drug-likeness (QED) is 0.556. The number of nitrogens with one attached hydrogen (secondary N) is 1. The molecule has 3 nitrogen and oxygen atoms in total. The molecule has 134 valence electrons. The molecule has 0 atom stereocenters. The fourth-order valence-corrected chi connectivity index (χ4v) is 3.55. The molecule has 1 heterocycles. The topological polar surface area (TPSA) is 38.3 Å². The van der Waals surface area contributed by atoms with Crippen LogP contribution >= 0.6 is 22.9 Å². The number of para-hydroxylation sites is 1. The number of carbonyl (C=O) groups is 1. The highest BCUT2D eigenvalue weighted by Gasteiger charge is 2.12. The van der Waals surface area contributed by atoms with Crippen LogP contribution in [-0.4, -0.2) is 5.91 Å². The molecule has 0 saturated carbocycles. The maximum Gasteiger partial charge on any atom is 0.265 e. The number of halogens is 1. The molecule has 0 aliphatic carbocycles. The Morgan fingerprint density at radius 3 is 2.81 bits per heavy atom. The first-order valence-electron chi connectivity index (χ1n) is 8.42. The van der Waals surface area contributed by atoms with E-state index in [-0.39, 0.29) is 5.91 Å². The summed E-state index contributed by atoms with van der Waals surface area (Å²) in [4.78, 5) is 13.2. The van der Waals surface area contributed by atoms with Crippen LogP contribution in [0.4, 0.5) is 5.69 Å². The average Bonchev–Trinajstić information content (AvgIpc) is 3.12. The Hall–Kier alpha value is -2.30. The van der Waals surface area contributed by atoms with Crippen LogP contribution in [0.25, 0.3) is 0 Å². The van der Waals surface area contributed by atoms with E-state index in [9.17, 15) is 4.79 Å². The van der Waals surface area contributed by atoms with Crippen molar-refractivity contribution in [2.45, 2.75) is 26.9 Å². The van der Waals surface area contributed by atoms with Crippen molar-refractivity contribution in [3.05, 3.63) is 80.5 Å². The number of ether oxygens (including phenoxy) is 1. The summed E-state index contributed by atoms with van der Waals surface area (Å²) in [5, 5.41) is 5.51. The molecule has 1 N–H and O–H groups in total. The van der Waals surface area contributed by atoms with Gasteiger partial charge in [-0.05, 0) is 54.1 Å². The summed E-state index contributed by atoms with van der Waals surface area (Å²) < 4.78 is 5.79. The van der Waals surface area contributed by atoms with Crippen molar-refractivity contribution in [1.82, 2.24) is 0 Å². The highest BCUT2D eigenvalue weighted by atomic mass is 35.5. The Morgan fingerprint density at radius 2 is 2.00 bits per heavy atom. The number of hydrogen-bond donors (Lipinski definition) is 1. The third kappa shape index (κ3) is 4.45. The Kier molecular flexibility index (Phi) is 5.96. The lowest BCUT2D eigenvalue weighted by molar-refractivity contribution is 0.103. The third-order valence-corrected chi connectivity index (χ3v) is 5.30. The number of amides is 1. The van der Waals surface area contributed by atoms with Crippen molar-refractivity contribution in [3.63, 3.8) is 0 Å². The Labute approximate surface area is 162 Å². The minimum absolute atomic E-state index is 0.101. The van der Waals surface area contributed by atoms with Crippen molar-refractivity contribution < 1.29 is 9.53 Å². The molecule has 0 saturated heterocycles. The van der Waals surface area contributed by atoms with Crippen LogP contribution in [0.2, 0.25) is 5.02 Å². The molecule has 3 rings (SSSR count). The molecule has 3 aromatic rings. The van der Waals surface area contributed by atoms with Gasteiger partial charge in [0, 0.05) is 11.3 Å². The van der Waals surface area contributed by atoms with E-state index < -0.39 is 0 Å². The summed E-state index contributed by atoms with van der Waals surface area (Å²) >= 11 is 7.56. The molecule has 2 aromatic carbocycles. The Morgan fingerprint density at radius 1 is 1.19 bits per heavy atom. The molecule has 5 heteroatoms. The number of anilines is 1. The standard InChI is InChI=1S/C21H20ClNO2S/c1-3-16-6-4-5-7-18(16)23-21(24)20-11-15(13-26-20)12-25-19-10-14(2)8-9-17(19)22/h4-11,13H,3,12H2,1-2H3,(H,23,24). The van der Waals surface area contributed by atoms with Crippen LogP contribution < -0.4 is 10.1 Å². The normalized spacial score (nSPS) is 10.6. The average molecular weight is 386 g/mol. The van der Waals surface area contributed by atoms with Gasteiger partial charge in [-0.15, -0.1) is 11.3 Å². The molecule has 0 bridgehead atoms. The molecular weight excluding hydrogens is 366 g/mol. The van der Waals surface area contributed by atoms with Gasteiger partial charge in [-0.25, -0.2) is 0 Å². The maximum atomic E-state index is 12.5. The van der Waals surface area contributed by atoms with Gasteiger partial charge in [0.25, 0.3) is 5.91 Å².